The summed E-state index contributed by atoms with van der Waals surface area (Å²) in [6.07, 6.45) is 17.6. The molecule has 0 saturated carbocycles. The quantitative estimate of drug-likeness (QED) is 0.275. The molecule has 0 aromatic heterocycles. The number of hydrogen-bond donors (Lipinski definition) is 1. The molecule has 128 valence electrons. The van der Waals surface area contributed by atoms with Crippen molar-refractivity contribution >= 4 is 11.6 Å². The van der Waals surface area contributed by atoms with E-state index in [1.807, 2.05) is 0 Å². The molecule has 0 unspecified atom stereocenters. The summed E-state index contributed by atoms with van der Waals surface area (Å²) in [7, 11) is 0. The molecule has 0 rings (SSSR count). The van der Waals surface area contributed by atoms with Crippen LogP contribution in [0.25, 0.3) is 0 Å². The zero-order valence-corrected chi connectivity index (χ0v) is 14.9. The van der Waals surface area contributed by atoms with Gasteiger partial charge in [0.25, 0.3) is 0 Å². The van der Waals surface area contributed by atoms with Crippen LogP contribution in [0.2, 0.25) is 0 Å². The number of halogens is 1. The molecular weight excluding hydrogens is 284 g/mol. The van der Waals surface area contributed by atoms with Gasteiger partial charge in [-0.1, -0.05) is 84.0 Å². The Morgan fingerprint density at radius 1 is 0.810 bits per heavy atom. The zero-order valence-electron chi connectivity index (χ0n) is 14.1. The molecule has 0 aliphatic heterocycles. The van der Waals surface area contributed by atoms with Crippen LogP contribution in [0.5, 0.6) is 0 Å². The van der Waals surface area contributed by atoms with Crippen molar-refractivity contribution < 1.29 is 9.84 Å². The lowest BCUT2D eigenvalue weighted by atomic mass is 10.0. The average molecular weight is 321 g/mol. The SMILES string of the molecule is CCCCCCCCCCCCCC[C@@H](CCl)OCCO. The van der Waals surface area contributed by atoms with Crippen LogP contribution in [-0.4, -0.2) is 30.3 Å². The number of aliphatic hydroxyl groups is 1. The lowest BCUT2D eigenvalue weighted by molar-refractivity contribution is 0.0353. The van der Waals surface area contributed by atoms with Crippen molar-refractivity contribution in [2.24, 2.45) is 0 Å². The van der Waals surface area contributed by atoms with E-state index in [1.54, 1.807) is 0 Å². The van der Waals surface area contributed by atoms with Crippen LogP contribution in [0.15, 0.2) is 0 Å². The van der Waals surface area contributed by atoms with Crippen molar-refractivity contribution in [3.8, 4) is 0 Å². The molecule has 0 fully saturated rings. The van der Waals surface area contributed by atoms with Crippen molar-refractivity contribution in [3.05, 3.63) is 0 Å². The maximum absolute atomic E-state index is 8.72. The maximum Gasteiger partial charge on any atom is 0.0711 e. The van der Waals surface area contributed by atoms with E-state index in [0.717, 1.165) is 6.42 Å². The largest absolute Gasteiger partial charge is 0.394 e. The number of rotatable bonds is 17. The van der Waals surface area contributed by atoms with Gasteiger partial charge in [0.15, 0.2) is 0 Å². The van der Waals surface area contributed by atoms with Gasteiger partial charge in [-0.25, -0.2) is 0 Å². The Hall–Kier alpha value is 0.210. The van der Waals surface area contributed by atoms with E-state index in [-0.39, 0.29) is 12.7 Å². The Labute approximate surface area is 137 Å². The summed E-state index contributed by atoms with van der Waals surface area (Å²) in [6.45, 7) is 2.77. The first-order valence-corrected chi connectivity index (χ1v) is 9.67. The number of unbranched alkanes of at least 4 members (excludes halogenated alkanes) is 11. The van der Waals surface area contributed by atoms with Gasteiger partial charge in [0.1, 0.15) is 0 Å². The summed E-state index contributed by atoms with van der Waals surface area (Å²) in [6, 6.07) is 0. The predicted molar refractivity (Wildman–Crippen MR) is 93.2 cm³/mol. The minimum atomic E-state index is 0.0891. The lowest BCUT2D eigenvalue weighted by Gasteiger charge is -2.14. The standard InChI is InChI=1S/C18H37ClO2/c1-2-3-4-5-6-7-8-9-10-11-12-13-14-18(17-19)21-16-15-20/h18,20H,2-17H2,1H3/t18-/m0/s1. The van der Waals surface area contributed by atoms with Crippen molar-refractivity contribution in [2.45, 2.75) is 96.5 Å². The molecule has 21 heavy (non-hydrogen) atoms. The van der Waals surface area contributed by atoms with E-state index < -0.39 is 0 Å². The van der Waals surface area contributed by atoms with E-state index in [4.69, 9.17) is 21.4 Å². The van der Waals surface area contributed by atoms with E-state index in [2.05, 4.69) is 6.92 Å². The molecule has 0 aromatic carbocycles. The average Bonchev–Trinajstić information content (AvgIpc) is 2.51. The minimum absolute atomic E-state index is 0.0891. The van der Waals surface area contributed by atoms with Crippen LogP contribution in [0.4, 0.5) is 0 Å². The predicted octanol–water partition coefficient (Wildman–Crippen LogP) is 5.69. The molecule has 0 radical (unpaired) electrons. The van der Waals surface area contributed by atoms with Crippen molar-refractivity contribution in [2.75, 3.05) is 19.1 Å². The Morgan fingerprint density at radius 3 is 1.71 bits per heavy atom. The van der Waals surface area contributed by atoms with Gasteiger partial charge in [-0.05, 0) is 6.42 Å². The highest BCUT2D eigenvalue weighted by Crippen LogP contribution is 2.14. The molecule has 0 bridgehead atoms. The molecule has 0 aliphatic rings. The minimum Gasteiger partial charge on any atom is -0.394 e. The number of hydrogen-bond acceptors (Lipinski definition) is 2. The Morgan fingerprint density at radius 2 is 1.29 bits per heavy atom. The second-order valence-electron chi connectivity index (χ2n) is 6.05. The summed E-state index contributed by atoms with van der Waals surface area (Å²) in [5.74, 6) is 0.540. The fourth-order valence-electron chi connectivity index (χ4n) is 2.64. The molecule has 2 nitrogen and oxygen atoms in total. The van der Waals surface area contributed by atoms with Gasteiger partial charge in [0.2, 0.25) is 0 Å². The molecular formula is C18H37ClO2. The van der Waals surface area contributed by atoms with Crippen LogP contribution in [0, 0.1) is 0 Å². The van der Waals surface area contributed by atoms with Gasteiger partial charge < -0.3 is 9.84 Å². The summed E-state index contributed by atoms with van der Waals surface area (Å²) in [5, 5.41) is 8.72. The van der Waals surface area contributed by atoms with Crippen molar-refractivity contribution in [1.82, 2.24) is 0 Å². The molecule has 3 heteroatoms. The first kappa shape index (κ1) is 21.2. The fraction of sp³-hybridized carbons (Fsp3) is 1.00. The van der Waals surface area contributed by atoms with Gasteiger partial charge in [0.05, 0.1) is 19.3 Å². The van der Waals surface area contributed by atoms with Gasteiger partial charge in [-0.3, -0.25) is 0 Å². The maximum atomic E-state index is 8.72. The molecule has 0 aromatic rings. The van der Waals surface area contributed by atoms with E-state index in [9.17, 15) is 0 Å². The number of ether oxygens (including phenoxy) is 1. The summed E-state index contributed by atoms with van der Waals surface area (Å²) < 4.78 is 5.46. The highest BCUT2D eigenvalue weighted by molar-refractivity contribution is 6.18. The van der Waals surface area contributed by atoms with Crippen LogP contribution in [0.1, 0.15) is 90.4 Å². The van der Waals surface area contributed by atoms with Crippen molar-refractivity contribution in [1.29, 1.82) is 0 Å². The third kappa shape index (κ3) is 16.4. The monoisotopic (exact) mass is 320 g/mol. The second-order valence-corrected chi connectivity index (χ2v) is 6.36. The number of aliphatic hydroxyl groups excluding tert-OH is 1. The number of alkyl halides is 1. The molecule has 0 heterocycles. The van der Waals surface area contributed by atoms with Crippen LogP contribution < -0.4 is 0 Å². The fourth-order valence-corrected chi connectivity index (χ4v) is 2.88. The Bertz CT molecular complexity index is 188. The highest BCUT2D eigenvalue weighted by Gasteiger charge is 2.06. The lowest BCUT2D eigenvalue weighted by Crippen LogP contribution is -2.17. The molecule has 0 aliphatic carbocycles. The van der Waals surface area contributed by atoms with Crippen LogP contribution >= 0.6 is 11.6 Å². The van der Waals surface area contributed by atoms with Crippen LogP contribution in [-0.2, 0) is 4.74 Å². The van der Waals surface area contributed by atoms with Gasteiger partial charge in [0, 0.05) is 5.88 Å². The third-order valence-electron chi connectivity index (χ3n) is 4.00. The van der Waals surface area contributed by atoms with Gasteiger partial charge >= 0.3 is 0 Å². The zero-order chi connectivity index (χ0) is 15.6. The second kappa shape index (κ2) is 18.3. The Kier molecular flexibility index (Phi) is 18.4. The summed E-state index contributed by atoms with van der Waals surface area (Å²) in [4.78, 5) is 0. The first-order chi connectivity index (χ1) is 10.3. The molecule has 0 amide bonds. The van der Waals surface area contributed by atoms with E-state index in [0.29, 0.717) is 12.5 Å². The summed E-state index contributed by atoms with van der Waals surface area (Å²) in [5.41, 5.74) is 0. The topological polar surface area (TPSA) is 29.5 Å². The smallest absolute Gasteiger partial charge is 0.0711 e. The molecule has 1 N–H and O–H groups in total. The first-order valence-electron chi connectivity index (χ1n) is 9.13. The molecule has 1 atom stereocenters. The summed E-state index contributed by atoms with van der Waals surface area (Å²) >= 11 is 5.84. The normalized spacial score (nSPS) is 12.7. The molecule has 0 spiro atoms. The third-order valence-corrected chi connectivity index (χ3v) is 4.34. The van der Waals surface area contributed by atoms with Crippen molar-refractivity contribution in [3.63, 3.8) is 0 Å². The van der Waals surface area contributed by atoms with E-state index >= 15 is 0 Å². The molecule has 0 saturated heterocycles. The van der Waals surface area contributed by atoms with E-state index in [1.165, 1.54) is 77.0 Å². The van der Waals surface area contributed by atoms with Crippen LogP contribution in [0.3, 0.4) is 0 Å². The van der Waals surface area contributed by atoms with Gasteiger partial charge in [-0.15, -0.1) is 11.6 Å². The highest BCUT2D eigenvalue weighted by atomic mass is 35.5. The van der Waals surface area contributed by atoms with Gasteiger partial charge in [-0.2, -0.15) is 0 Å². The Balaban J connectivity index is 3.14.